The smallest absolute Gasteiger partial charge is 0.161 e. The molecule has 106 valence electrons. The van der Waals surface area contributed by atoms with E-state index in [9.17, 15) is 0 Å². The Balaban J connectivity index is 2.25. The SMILES string of the molecule is CC(C)CCN(c1nc(NN)c(Cl)cc1Cl)C1CC1. The van der Waals surface area contributed by atoms with E-state index in [4.69, 9.17) is 29.0 Å². The molecule has 1 saturated carbocycles. The summed E-state index contributed by atoms with van der Waals surface area (Å²) in [5.41, 5.74) is 2.51. The van der Waals surface area contributed by atoms with Crippen LogP contribution >= 0.6 is 23.2 Å². The minimum Gasteiger partial charge on any atom is -0.352 e. The molecule has 1 fully saturated rings. The Morgan fingerprint density at radius 2 is 2.11 bits per heavy atom. The highest BCUT2D eigenvalue weighted by Crippen LogP contribution is 2.37. The van der Waals surface area contributed by atoms with Crippen molar-refractivity contribution in [2.75, 3.05) is 16.9 Å². The van der Waals surface area contributed by atoms with E-state index >= 15 is 0 Å². The second-order valence-electron chi connectivity index (χ2n) is 5.38. The summed E-state index contributed by atoms with van der Waals surface area (Å²) in [6.45, 7) is 5.39. The molecule has 0 aliphatic heterocycles. The van der Waals surface area contributed by atoms with Gasteiger partial charge in [0.1, 0.15) is 5.82 Å². The number of hydrogen-bond donors (Lipinski definition) is 2. The van der Waals surface area contributed by atoms with E-state index in [1.54, 1.807) is 6.07 Å². The third-order valence-corrected chi connectivity index (χ3v) is 3.82. The normalized spacial score (nSPS) is 14.8. The number of nitrogens with one attached hydrogen (secondary N) is 1. The molecule has 1 aromatic heterocycles. The molecule has 1 heterocycles. The lowest BCUT2D eigenvalue weighted by atomic mass is 10.1. The van der Waals surface area contributed by atoms with Gasteiger partial charge in [0.15, 0.2) is 5.82 Å². The monoisotopic (exact) mass is 302 g/mol. The number of anilines is 2. The van der Waals surface area contributed by atoms with Gasteiger partial charge in [-0.1, -0.05) is 37.0 Å². The number of aromatic nitrogens is 1. The van der Waals surface area contributed by atoms with E-state index in [2.05, 4.69) is 29.2 Å². The van der Waals surface area contributed by atoms with Crippen LogP contribution in [0.25, 0.3) is 0 Å². The van der Waals surface area contributed by atoms with Gasteiger partial charge in [-0.2, -0.15) is 0 Å². The molecule has 4 nitrogen and oxygen atoms in total. The average molecular weight is 303 g/mol. The van der Waals surface area contributed by atoms with Crippen LogP contribution in [-0.4, -0.2) is 17.6 Å². The Morgan fingerprint density at radius 1 is 1.42 bits per heavy atom. The van der Waals surface area contributed by atoms with Crippen molar-refractivity contribution < 1.29 is 0 Å². The lowest BCUT2D eigenvalue weighted by Crippen LogP contribution is -2.29. The lowest BCUT2D eigenvalue weighted by Gasteiger charge is -2.26. The molecule has 0 spiro atoms. The molecular formula is C13H20Cl2N4. The number of nitrogens with two attached hydrogens (primary N) is 1. The zero-order valence-electron chi connectivity index (χ0n) is 11.3. The van der Waals surface area contributed by atoms with E-state index < -0.39 is 0 Å². The molecular weight excluding hydrogens is 283 g/mol. The summed E-state index contributed by atoms with van der Waals surface area (Å²) < 4.78 is 0. The highest BCUT2D eigenvalue weighted by atomic mass is 35.5. The maximum absolute atomic E-state index is 6.28. The van der Waals surface area contributed by atoms with Gasteiger partial charge < -0.3 is 10.3 Å². The van der Waals surface area contributed by atoms with Crippen molar-refractivity contribution in [3.05, 3.63) is 16.1 Å². The standard InChI is InChI=1S/C13H20Cl2N4/c1-8(2)5-6-19(9-3-4-9)13-11(15)7-10(14)12(17-13)18-16/h7-9H,3-6,16H2,1-2H3,(H,17,18). The summed E-state index contributed by atoms with van der Waals surface area (Å²) in [6.07, 6.45) is 3.51. The predicted molar refractivity (Wildman–Crippen MR) is 81.9 cm³/mol. The summed E-state index contributed by atoms with van der Waals surface area (Å²) in [4.78, 5) is 6.73. The highest BCUT2D eigenvalue weighted by Gasteiger charge is 2.31. The Labute approximate surface area is 124 Å². The van der Waals surface area contributed by atoms with Crippen LogP contribution in [0.2, 0.25) is 10.0 Å². The van der Waals surface area contributed by atoms with Crippen LogP contribution in [0.4, 0.5) is 11.6 Å². The topological polar surface area (TPSA) is 54.2 Å². The fourth-order valence-corrected chi connectivity index (χ4v) is 2.53. The van der Waals surface area contributed by atoms with Crippen molar-refractivity contribution in [2.45, 2.75) is 39.2 Å². The van der Waals surface area contributed by atoms with Crippen molar-refractivity contribution in [2.24, 2.45) is 11.8 Å². The van der Waals surface area contributed by atoms with Gasteiger partial charge in [-0.25, -0.2) is 10.8 Å². The van der Waals surface area contributed by atoms with Gasteiger partial charge >= 0.3 is 0 Å². The fraction of sp³-hybridized carbons (Fsp3) is 0.615. The minimum absolute atomic E-state index is 0.441. The van der Waals surface area contributed by atoms with Crippen LogP contribution in [0.5, 0.6) is 0 Å². The Kier molecular flexibility index (Phi) is 4.76. The first-order valence-electron chi connectivity index (χ1n) is 6.62. The molecule has 0 atom stereocenters. The molecule has 6 heteroatoms. The molecule has 0 radical (unpaired) electrons. The molecule has 1 aliphatic rings. The van der Waals surface area contributed by atoms with Crippen molar-refractivity contribution in [1.82, 2.24) is 4.98 Å². The summed E-state index contributed by atoms with van der Waals surface area (Å²) in [7, 11) is 0. The molecule has 19 heavy (non-hydrogen) atoms. The Hall–Kier alpha value is -0.710. The zero-order valence-corrected chi connectivity index (χ0v) is 12.8. The third kappa shape index (κ3) is 3.65. The lowest BCUT2D eigenvalue weighted by molar-refractivity contribution is 0.568. The number of nitrogen functional groups attached to an aromatic ring is 1. The van der Waals surface area contributed by atoms with Gasteiger partial charge in [0.2, 0.25) is 0 Å². The first kappa shape index (κ1) is 14.7. The molecule has 0 amide bonds. The molecule has 0 unspecified atom stereocenters. The van der Waals surface area contributed by atoms with Gasteiger partial charge in [-0.15, -0.1) is 0 Å². The van der Waals surface area contributed by atoms with E-state index in [1.807, 2.05) is 0 Å². The molecule has 2 rings (SSSR count). The van der Waals surface area contributed by atoms with E-state index in [-0.39, 0.29) is 0 Å². The van der Waals surface area contributed by atoms with E-state index in [0.717, 1.165) is 18.8 Å². The van der Waals surface area contributed by atoms with Crippen molar-refractivity contribution >= 4 is 34.8 Å². The van der Waals surface area contributed by atoms with E-state index in [0.29, 0.717) is 27.8 Å². The largest absolute Gasteiger partial charge is 0.352 e. The summed E-state index contributed by atoms with van der Waals surface area (Å²) in [5, 5.41) is 1.02. The molecule has 0 saturated heterocycles. The molecule has 0 aromatic carbocycles. The second kappa shape index (κ2) is 6.16. The first-order valence-corrected chi connectivity index (χ1v) is 7.37. The van der Waals surface area contributed by atoms with Gasteiger partial charge in [-0.05, 0) is 31.2 Å². The number of halogens is 2. The minimum atomic E-state index is 0.441. The number of hydrazine groups is 1. The Morgan fingerprint density at radius 3 is 2.63 bits per heavy atom. The van der Waals surface area contributed by atoms with Crippen LogP contribution in [0, 0.1) is 5.92 Å². The molecule has 1 aliphatic carbocycles. The van der Waals surface area contributed by atoms with Crippen LogP contribution < -0.4 is 16.2 Å². The maximum atomic E-state index is 6.28. The molecule has 3 N–H and O–H groups in total. The van der Waals surface area contributed by atoms with Crippen molar-refractivity contribution in [3.63, 3.8) is 0 Å². The van der Waals surface area contributed by atoms with Crippen LogP contribution in [0.3, 0.4) is 0 Å². The maximum Gasteiger partial charge on any atom is 0.161 e. The average Bonchev–Trinajstić information content (AvgIpc) is 3.15. The van der Waals surface area contributed by atoms with Gasteiger partial charge in [0, 0.05) is 12.6 Å². The van der Waals surface area contributed by atoms with Crippen molar-refractivity contribution in [1.29, 1.82) is 0 Å². The number of hydrogen-bond acceptors (Lipinski definition) is 4. The summed E-state index contributed by atoms with van der Waals surface area (Å²) >= 11 is 12.3. The highest BCUT2D eigenvalue weighted by molar-refractivity contribution is 6.37. The van der Waals surface area contributed by atoms with Gasteiger partial charge in [-0.3, -0.25) is 0 Å². The van der Waals surface area contributed by atoms with Crippen molar-refractivity contribution in [3.8, 4) is 0 Å². The second-order valence-corrected chi connectivity index (χ2v) is 6.19. The van der Waals surface area contributed by atoms with E-state index in [1.165, 1.54) is 12.8 Å². The number of rotatable bonds is 6. The molecule has 1 aromatic rings. The van der Waals surface area contributed by atoms with Crippen LogP contribution in [0.15, 0.2) is 6.07 Å². The Bertz CT molecular complexity index is 447. The zero-order chi connectivity index (χ0) is 14.0. The third-order valence-electron chi connectivity index (χ3n) is 3.25. The number of pyridine rings is 1. The quantitative estimate of drug-likeness (QED) is 0.621. The summed E-state index contributed by atoms with van der Waals surface area (Å²) in [6, 6.07) is 2.25. The fourth-order valence-electron chi connectivity index (χ4n) is 2.00. The first-order chi connectivity index (χ1) is 9.02. The predicted octanol–water partition coefficient (Wildman–Crippen LogP) is 3.69. The summed E-state index contributed by atoms with van der Waals surface area (Å²) in [5.74, 6) is 7.33. The van der Waals surface area contributed by atoms with Gasteiger partial charge in [0.05, 0.1) is 10.0 Å². The number of nitrogens with zero attached hydrogens (tertiary/aromatic N) is 2. The molecule has 0 bridgehead atoms. The van der Waals surface area contributed by atoms with Crippen LogP contribution in [0.1, 0.15) is 33.1 Å². The van der Waals surface area contributed by atoms with Crippen LogP contribution in [-0.2, 0) is 0 Å². The van der Waals surface area contributed by atoms with Gasteiger partial charge in [0.25, 0.3) is 0 Å².